The highest BCUT2D eigenvalue weighted by Crippen LogP contribution is 2.25. The predicted octanol–water partition coefficient (Wildman–Crippen LogP) is 4.97. The van der Waals surface area contributed by atoms with Crippen molar-refractivity contribution in [3.05, 3.63) is 88.3 Å². The standard InChI is InChI=1S/C24H23FN6OS/c1-14-5-9-19(10-6-14)31-21(13-33-24-26-16(3)11-17(4)27-24)22(29-30-31)23(32)28-18-8-7-15(2)20(25)12-18/h5-12H,13H2,1-4H3,(H,28,32). The number of halogens is 1. The molecule has 33 heavy (non-hydrogen) atoms. The summed E-state index contributed by atoms with van der Waals surface area (Å²) in [6.07, 6.45) is 0. The Hall–Kier alpha value is -3.59. The van der Waals surface area contributed by atoms with Crippen LogP contribution in [-0.4, -0.2) is 30.9 Å². The summed E-state index contributed by atoms with van der Waals surface area (Å²) in [4.78, 5) is 22.0. The third-order valence-electron chi connectivity index (χ3n) is 4.99. The number of aryl methyl sites for hydroxylation is 4. The average molecular weight is 463 g/mol. The highest BCUT2D eigenvalue weighted by molar-refractivity contribution is 7.98. The van der Waals surface area contributed by atoms with Gasteiger partial charge in [-0.3, -0.25) is 4.79 Å². The number of benzene rings is 2. The summed E-state index contributed by atoms with van der Waals surface area (Å²) in [5.74, 6) is -0.484. The van der Waals surface area contributed by atoms with Gasteiger partial charge in [0, 0.05) is 22.8 Å². The molecule has 1 N–H and O–H groups in total. The second-order valence-electron chi connectivity index (χ2n) is 7.77. The van der Waals surface area contributed by atoms with Crippen molar-refractivity contribution in [2.75, 3.05) is 5.32 Å². The van der Waals surface area contributed by atoms with Crippen molar-refractivity contribution in [2.24, 2.45) is 0 Å². The zero-order valence-electron chi connectivity index (χ0n) is 18.8. The SMILES string of the molecule is Cc1ccc(-n2nnc(C(=O)Nc3ccc(C)c(F)c3)c2CSc2nc(C)cc(C)n2)cc1. The number of thioether (sulfide) groups is 1. The summed E-state index contributed by atoms with van der Waals surface area (Å²) in [6.45, 7) is 7.49. The number of hydrogen-bond acceptors (Lipinski definition) is 6. The first-order valence-electron chi connectivity index (χ1n) is 10.3. The van der Waals surface area contributed by atoms with E-state index in [0.717, 1.165) is 22.6 Å². The number of nitrogens with zero attached hydrogens (tertiary/aromatic N) is 5. The molecule has 2 aromatic heterocycles. The van der Waals surface area contributed by atoms with Gasteiger partial charge in [-0.15, -0.1) is 5.10 Å². The maximum atomic E-state index is 13.9. The summed E-state index contributed by atoms with van der Waals surface area (Å²) in [5.41, 5.74) is 5.24. The van der Waals surface area contributed by atoms with Crippen LogP contribution in [0.1, 0.15) is 38.7 Å². The summed E-state index contributed by atoms with van der Waals surface area (Å²) in [6, 6.07) is 14.2. The fourth-order valence-corrected chi connectivity index (χ4v) is 4.19. The van der Waals surface area contributed by atoms with Crippen molar-refractivity contribution in [3.63, 3.8) is 0 Å². The summed E-state index contributed by atoms with van der Waals surface area (Å²) in [5, 5.41) is 11.7. The first kappa shape index (κ1) is 22.6. The van der Waals surface area contributed by atoms with Gasteiger partial charge in [0.05, 0.1) is 11.4 Å². The maximum absolute atomic E-state index is 13.9. The van der Waals surface area contributed by atoms with E-state index >= 15 is 0 Å². The minimum absolute atomic E-state index is 0.161. The molecule has 9 heteroatoms. The Balaban J connectivity index is 1.67. The molecule has 0 spiro atoms. The Bertz CT molecular complexity index is 1300. The molecule has 0 atom stereocenters. The number of hydrogen-bond donors (Lipinski definition) is 1. The van der Waals surface area contributed by atoms with Crippen LogP contribution in [0.3, 0.4) is 0 Å². The lowest BCUT2D eigenvalue weighted by Gasteiger charge is -2.09. The molecular formula is C24H23FN6OS. The third-order valence-corrected chi connectivity index (χ3v) is 5.84. The summed E-state index contributed by atoms with van der Waals surface area (Å²) < 4.78 is 15.6. The Labute approximate surface area is 195 Å². The lowest BCUT2D eigenvalue weighted by atomic mass is 10.2. The maximum Gasteiger partial charge on any atom is 0.278 e. The van der Waals surface area contributed by atoms with Gasteiger partial charge in [-0.05, 0) is 63.6 Å². The quantitative estimate of drug-likeness (QED) is 0.321. The molecule has 0 aliphatic carbocycles. The fourth-order valence-electron chi connectivity index (χ4n) is 3.25. The number of amides is 1. The van der Waals surface area contributed by atoms with E-state index in [4.69, 9.17) is 0 Å². The third kappa shape index (κ3) is 5.25. The highest BCUT2D eigenvalue weighted by atomic mass is 32.2. The zero-order chi connectivity index (χ0) is 23.5. The zero-order valence-corrected chi connectivity index (χ0v) is 19.6. The van der Waals surface area contributed by atoms with E-state index in [9.17, 15) is 9.18 Å². The molecule has 2 heterocycles. The molecule has 0 aliphatic rings. The summed E-state index contributed by atoms with van der Waals surface area (Å²) >= 11 is 1.40. The lowest BCUT2D eigenvalue weighted by molar-refractivity contribution is 0.102. The molecule has 2 aromatic carbocycles. The van der Waals surface area contributed by atoms with Gasteiger partial charge in [0.15, 0.2) is 10.9 Å². The van der Waals surface area contributed by atoms with Crippen LogP contribution in [0.15, 0.2) is 53.7 Å². The number of carbonyl (C=O) groups is 1. The van der Waals surface area contributed by atoms with E-state index < -0.39 is 5.91 Å². The van der Waals surface area contributed by atoms with Crippen molar-refractivity contribution in [1.29, 1.82) is 0 Å². The van der Waals surface area contributed by atoms with Gasteiger partial charge in [0.1, 0.15) is 5.82 Å². The summed E-state index contributed by atoms with van der Waals surface area (Å²) in [7, 11) is 0. The monoisotopic (exact) mass is 462 g/mol. The number of nitrogens with one attached hydrogen (secondary N) is 1. The van der Waals surface area contributed by atoms with Crippen LogP contribution in [0.2, 0.25) is 0 Å². The van der Waals surface area contributed by atoms with Gasteiger partial charge >= 0.3 is 0 Å². The van der Waals surface area contributed by atoms with Gasteiger partial charge < -0.3 is 5.32 Å². The topological polar surface area (TPSA) is 85.6 Å². The van der Waals surface area contributed by atoms with Gasteiger partial charge in [-0.2, -0.15) is 0 Å². The van der Waals surface area contributed by atoms with Gasteiger partial charge in [0.2, 0.25) is 0 Å². The Morgan fingerprint density at radius 3 is 2.36 bits per heavy atom. The molecule has 0 unspecified atom stereocenters. The second kappa shape index (κ2) is 9.50. The van der Waals surface area contributed by atoms with E-state index in [2.05, 4.69) is 25.6 Å². The lowest BCUT2D eigenvalue weighted by Crippen LogP contribution is -2.15. The smallest absolute Gasteiger partial charge is 0.278 e. The molecule has 4 rings (SSSR count). The number of carbonyl (C=O) groups excluding carboxylic acids is 1. The van der Waals surface area contributed by atoms with E-state index in [-0.39, 0.29) is 11.5 Å². The molecule has 0 aliphatic heterocycles. The molecule has 0 radical (unpaired) electrons. The molecule has 0 saturated carbocycles. The van der Waals surface area contributed by atoms with E-state index in [0.29, 0.717) is 27.9 Å². The molecule has 1 amide bonds. The Morgan fingerprint density at radius 2 is 1.70 bits per heavy atom. The molecule has 4 aromatic rings. The van der Waals surface area contributed by atoms with E-state index in [1.165, 1.54) is 17.8 Å². The van der Waals surface area contributed by atoms with Crippen LogP contribution in [0.5, 0.6) is 0 Å². The second-order valence-corrected chi connectivity index (χ2v) is 8.71. The van der Waals surface area contributed by atoms with Gasteiger partial charge in [-0.1, -0.05) is 40.7 Å². The minimum Gasteiger partial charge on any atom is -0.320 e. The van der Waals surface area contributed by atoms with Gasteiger partial charge in [0.25, 0.3) is 5.91 Å². The normalized spacial score (nSPS) is 10.9. The van der Waals surface area contributed by atoms with Crippen molar-refractivity contribution < 1.29 is 9.18 Å². The Kier molecular flexibility index (Phi) is 6.50. The number of anilines is 1. The van der Waals surface area contributed by atoms with Gasteiger partial charge in [-0.25, -0.2) is 19.0 Å². The fraction of sp³-hybridized carbons (Fsp3) is 0.208. The number of rotatable bonds is 6. The first-order chi connectivity index (χ1) is 15.8. The molecular weight excluding hydrogens is 439 g/mol. The minimum atomic E-state index is -0.464. The van der Waals surface area contributed by atoms with Crippen LogP contribution in [0, 0.1) is 33.5 Å². The van der Waals surface area contributed by atoms with Crippen molar-refractivity contribution in [2.45, 2.75) is 38.6 Å². The van der Waals surface area contributed by atoms with Crippen LogP contribution in [0.4, 0.5) is 10.1 Å². The first-order valence-corrected chi connectivity index (χ1v) is 11.3. The van der Waals surface area contributed by atoms with Crippen molar-refractivity contribution in [3.8, 4) is 5.69 Å². The number of aromatic nitrogens is 5. The molecule has 7 nitrogen and oxygen atoms in total. The van der Waals surface area contributed by atoms with Crippen LogP contribution < -0.4 is 5.32 Å². The van der Waals surface area contributed by atoms with E-state index in [1.54, 1.807) is 23.7 Å². The van der Waals surface area contributed by atoms with E-state index in [1.807, 2.05) is 51.1 Å². The molecule has 0 fully saturated rings. The van der Waals surface area contributed by atoms with Crippen molar-refractivity contribution >= 4 is 23.4 Å². The predicted molar refractivity (Wildman–Crippen MR) is 126 cm³/mol. The van der Waals surface area contributed by atoms with Crippen LogP contribution >= 0.6 is 11.8 Å². The van der Waals surface area contributed by atoms with Crippen LogP contribution in [-0.2, 0) is 5.75 Å². The molecule has 0 bridgehead atoms. The molecule has 168 valence electrons. The highest BCUT2D eigenvalue weighted by Gasteiger charge is 2.22. The molecule has 0 saturated heterocycles. The average Bonchev–Trinajstić information content (AvgIpc) is 3.19. The van der Waals surface area contributed by atoms with Crippen molar-refractivity contribution in [1.82, 2.24) is 25.0 Å². The van der Waals surface area contributed by atoms with Crippen LogP contribution in [0.25, 0.3) is 5.69 Å². The Morgan fingerprint density at radius 1 is 1.00 bits per heavy atom. The largest absolute Gasteiger partial charge is 0.320 e.